The third-order valence-electron chi connectivity index (χ3n) is 6.14. The predicted octanol–water partition coefficient (Wildman–Crippen LogP) is 4.30. The Morgan fingerprint density at radius 3 is 2.73 bits per heavy atom. The van der Waals surface area contributed by atoms with E-state index < -0.39 is 0 Å². The number of nitrogens with zero attached hydrogens (tertiary/aromatic N) is 5. The number of rotatable bonds is 7. The van der Waals surface area contributed by atoms with Gasteiger partial charge in [0.2, 0.25) is 5.95 Å². The van der Waals surface area contributed by atoms with E-state index >= 15 is 0 Å². The van der Waals surface area contributed by atoms with Crippen molar-refractivity contribution in [3.63, 3.8) is 0 Å². The van der Waals surface area contributed by atoms with Crippen molar-refractivity contribution < 1.29 is 4.79 Å². The van der Waals surface area contributed by atoms with Crippen LogP contribution in [0.5, 0.6) is 0 Å². The summed E-state index contributed by atoms with van der Waals surface area (Å²) in [4.78, 5) is 28.8. The van der Waals surface area contributed by atoms with Crippen molar-refractivity contribution in [1.29, 1.82) is 0 Å². The first kappa shape index (κ1) is 21.1. The van der Waals surface area contributed by atoms with Gasteiger partial charge in [-0.1, -0.05) is 18.2 Å². The zero-order valence-electron chi connectivity index (χ0n) is 18.7. The molecule has 1 saturated heterocycles. The number of carbonyl (C=O) groups excluding carboxylic acids is 1. The summed E-state index contributed by atoms with van der Waals surface area (Å²) in [6, 6.07) is 14.2. The maximum absolute atomic E-state index is 13.1. The molecule has 168 valence electrons. The van der Waals surface area contributed by atoms with Crippen molar-refractivity contribution in [3.05, 3.63) is 72.8 Å². The summed E-state index contributed by atoms with van der Waals surface area (Å²) < 4.78 is 2.22. The molecule has 1 aliphatic rings. The maximum Gasteiger partial charge on any atom is 0.255 e. The summed E-state index contributed by atoms with van der Waals surface area (Å²) >= 11 is 0. The number of para-hydroxylation sites is 1. The molecule has 0 radical (unpaired) electrons. The van der Waals surface area contributed by atoms with Crippen LogP contribution in [0.1, 0.15) is 36.0 Å². The van der Waals surface area contributed by atoms with Crippen LogP contribution >= 0.6 is 0 Å². The van der Waals surface area contributed by atoms with Crippen LogP contribution in [0.4, 0.5) is 5.95 Å². The summed E-state index contributed by atoms with van der Waals surface area (Å²) in [7, 11) is 0. The minimum atomic E-state index is -0.156. The lowest BCUT2D eigenvalue weighted by Gasteiger charge is -2.27. The smallest absolute Gasteiger partial charge is 0.255 e. The van der Waals surface area contributed by atoms with Crippen molar-refractivity contribution in [2.45, 2.75) is 32.2 Å². The Morgan fingerprint density at radius 1 is 1.00 bits per heavy atom. The summed E-state index contributed by atoms with van der Waals surface area (Å²) in [5.74, 6) is 0.529. The largest absolute Gasteiger partial charge is 0.352 e. The first-order valence-corrected chi connectivity index (χ1v) is 11.6. The van der Waals surface area contributed by atoms with Crippen molar-refractivity contribution in [1.82, 2.24) is 24.8 Å². The van der Waals surface area contributed by atoms with Gasteiger partial charge in [-0.2, -0.15) is 0 Å². The van der Waals surface area contributed by atoms with Crippen molar-refractivity contribution in [2.75, 3.05) is 24.5 Å². The van der Waals surface area contributed by atoms with Crippen molar-refractivity contribution >= 4 is 22.8 Å². The quantitative estimate of drug-likeness (QED) is 0.434. The number of hydrogen-bond donors (Lipinski definition) is 1. The number of nitrogens with one attached hydrogen (secondary N) is 1. The minimum absolute atomic E-state index is 0.156. The molecule has 0 atom stereocenters. The Balaban J connectivity index is 1.29. The summed E-state index contributed by atoms with van der Waals surface area (Å²) in [6.45, 7) is 3.32. The normalized spacial score (nSPS) is 13.9. The molecule has 4 aromatic rings. The molecule has 1 amide bonds. The Kier molecular flexibility index (Phi) is 6.28. The van der Waals surface area contributed by atoms with Crippen LogP contribution in [0, 0.1) is 0 Å². The number of benzene rings is 1. The molecule has 33 heavy (non-hydrogen) atoms. The molecule has 0 spiro atoms. The van der Waals surface area contributed by atoms with Crippen molar-refractivity contribution in [3.8, 4) is 11.3 Å². The highest BCUT2D eigenvalue weighted by Gasteiger charge is 2.20. The topological polar surface area (TPSA) is 75.9 Å². The van der Waals surface area contributed by atoms with Gasteiger partial charge in [-0.05, 0) is 55.3 Å². The van der Waals surface area contributed by atoms with E-state index in [-0.39, 0.29) is 5.91 Å². The van der Waals surface area contributed by atoms with Crippen LogP contribution in [0.2, 0.25) is 0 Å². The van der Waals surface area contributed by atoms with Gasteiger partial charge in [0.25, 0.3) is 5.91 Å². The molecule has 1 N–H and O–H groups in total. The fourth-order valence-corrected chi connectivity index (χ4v) is 4.39. The lowest BCUT2D eigenvalue weighted by Crippen LogP contribution is -2.32. The van der Waals surface area contributed by atoms with Crippen LogP contribution in [0.25, 0.3) is 22.2 Å². The van der Waals surface area contributed by atoms with Crippen LogP contribution in [-0.2, 0) is 6.54 Å². The van der Waals surface area contributed by atoms with Gasteiger partial charge < -0.3 is 14.8 Å². The average Bonchev–Trinajstić information content (AvgIpc) is 3.30. The summed E-state index contributed by atoms with van der Waals surface area (Å²) in [5.41, 5.74) is 3.15. The number of aromatic nitrogens is 4. The van der Waals surface area contributed by atoms with Gasteiger partial charge in [-0.3, -0.25) is 9.78 Å². The second kappa shape index (κ2) is 9.81. The number of aryl methyl sites for hydroxylation is 1. The molecule has 1 fully saturated rings. The first-order chi connectivity index (χ1) is 16.3. The SMILES string of the molecule is O=C(NCCCn1ccc2ccccc21)c1cnc(N2CCCCC2)nc1-c1cccnc1. The van der Waals surface area contributed by atoms with Gasteiger partial charge in [-0.25, -0.2) is 9.97 Å². The van der Waals surface area contributed by atoms with E-state index in [1.54, 1.807) is 18.6 Å². The molecule has 0 saturated carbocycles. The third-order valence-corrected chi connectivity index (χ3v) is 6.14. The number of carbonyl (C=O) groups is 1. The van der Waals surface area contributed by atoms with E-state index in [9.17, 15) is 4.79 Å². The zero-order chi connectivity index (χ0) is 22.5. The highest BCUT2D eigenvalue weighted by molar-refractivity contribution is 5.99. The molecular weight excluding hydrogens is 412 g/mol. The Hall–Kier alpha value is -3.74. The highest BCUT2D eigenvalue weighted by atomic mass is 16.1. The molecule has 0 aliphatic carbocycles. The van der Waals surface area contributed by atoms with E-state index in [1.807, 2.05) is 24.3 Å². The van der Waals surface area contributed by atoms with Crippen LogP contribution in [0.3, 0.4) is 0 Å². The fraction of sp³-hybridized carbons (Fsp3) is 0.308. The molecule has 7 heteroatoms. The second-order valence-corrected chi connectivity index (χ2v) is 8.40. The molecule has 1 aromatic carbocycles. The van der Waals surface area contributed by atoms with Gasteiger partial charge in [0.05, 0.1) is 11.3 Å². The molecular formula is C26H28N6O. The number of anilines is 1. The lowest BCUT2D eigenvalue weighted by molar-refractivity contribution is 0.0953. The second-order valence-electron chi connectivity index (χ2n) is 8.40. The number of amides is 1. The molecule has 0 unspecified atom stereocenters. The van der Waals surface area contributed by atoms with Crippen molar-refractivity contribution in [2.24, 2.45) is 0 Å². The van der Waals surface area contributed by atoms with Gasteiger partial charge in [0.15, 0.2) is 0 Å². The molecule has 1 aliphatic heterocycles. The van der Waals surface area contributed by atoms with Crippen LogP contribution < -0.4 is 10.2 Å². The van der Waals surface area contributed by atoms with E-state index in [0.717, 1.165) is 44.5 Å². The maximum atomic E-state index is 13.1. The van der Waals surface area contributed by atoms with Gasteiger partial charge in [-0.15, -0.1) is 0 Å². The monoisotopic (exact) mass is 440 g/mol. The van der Waals surface area contributed by atoms with Crippen LogP contribution in [-0.4, -0.2) is 45.1 Å². The molecule has 0 bridgehead atoms. The Labute approximate surface area is 193 Å². The number of pyridine rings is 1. The lowest BCUT2D eigenvalue weighted by atomic mass is 10.1. The highest BCUT2D eigenvalue weighted by Crippen LogP contribution is 2.24. The Bertz CT molecular complexity index is 1230. The molecule has 5 rings (SSSR count). The fourth-order valence-electron chi connectivity index (χ4n) is 4.39. The minimum Gasteiger partial charge on any atom is -0.352 e. The number of hydrogen-bond acceptors (Lipinski definition) is 5. The molecule has 7 nitrogen and oxygen atoms in total. The average molecular weight is 441 g/mol. The van der Waals surface area contributed by atoms with Crippen LogP contribution in [0.15, 0.2) is 67.3 Å². The zero-order valence-corrected chi connectivity index (χ0v) is 18.7. The Morgan fingerprint density at radius 2 is 1.88 bits per heavy atom. The number of piperidine rings is 1. The molecule has 3 aromatic heterocycles. The summed E-state index contributed by atoms with van der Waals surface area (Å²) in [5, 5.41) is 4.28. The third kappa shape index (κ3) is 4.72. The van der Waals surface area contributed by atoms with Gasteiger partial charge >= 0.3 is 0 Å². The number of fused-ring (bicyclic) bond motifs is 1. The standard InChI is InChI=1S/C26H28N6O/c33-25(28-13-7-16-31-17-11-20-8-2-3-10-23(20)31)22-19-29-26(32-14-4-1-5-15-32)30-24(22)21-9-6-12-27-18-21/h2-3,6,8-12,17-19H,1,4-5,7,13-16H2,(H,28,33). The van der Waals surface area contributed by atoms with E-state index in [1.165, 1.54) is 17.3 Å². The van der Waals surface area contributed by atoms with E-state index in [0.29, 0.717) is 23.8 Å². The predicted molar refractivity (Wildman–Crippen MR) is 130 cm³/mol. The van der Waals surface area contributed by atoms with Gasteiger partial charge in [0, 0.05) is 62.0 Å². The van der Waals surface area contributed by atoms with Gasteiger partial charge in [0.1, 0.15) is 0 Å². The molecule has 4 heterocycles. The van der Waals surface area contributed by atoms with E-state index in [2.05, 4.69) is 49.1 Å². The first-order valence-electron chi connectivity index (χ1n) is 11.6. The summed E-state index contributed by atoms with van der Waals surface area (Å²) in [6.07, 6.45) is 11.6. The van der Waals surface area contributed by atoms with E-state index in [4.69, 9.17) is 4.98 Å².